The molecule has 0 bridgehead atoms. The molecule has 5 heteroatoms. The molecule has 6 atom stereocenters. The molecule has 2 N–H and O–H groups in total. The average Bonchev–Trinajstić information content (AvgIpc) is 2.86. The third-order valence-corrected chi connectivity index (χ3v) is 8.59. The summed E-state index contributed by atoms with van der Waals surface area (Å²) in [7, 11) is 0. The third kappa shape index (κ3) is 3.30. The van der Waals surface area contributed by atoms with Crippen molar-refractivity contribution in [2.45, 2.75) is 70.8 Å². The zero-order valence-electron chi connectivity index (χ0n) is 16.8. The topological polar surface area (TPSA) is 74.6 Å². The van der Waals surface area contributed by atoms with E-state index in [1.54, 1.807) is 0 Å². The predicted molar refractivity (Wildman–Crippen MR) is 104 cm³/mol. The van der Waals surface area contributed by atoms with E-state index < -0.39 is 11.6 Å². The van der Waals surface area contributed by atoms with Crippen LogP contribution in [0.3, 0.4) is 0 Å². The number of allylic oxidation sites excluding steroid dienone is 4. The maximum absolute atomic E-state index is 11.9. The summed E-state index contributed by atoms with van der Waals surface area (Å²) in [6.07, 6.45) is 11.9. The summed E-state index contributed by atoms with van der Waals surface area (Å²) >= 11 is 0. The first-order valence-electron chi connectivity index (χ1n) is 10.1. The molecule has 27 heavy (non-hydrogen) atoms. The van der Waals surface area contributed by atoms with Gasteiger partial charge in [-0.15, -0.1) is 0 Å². The molecule has 1 radical (unpaired) electrons. The van der Waals surface area contributed by atoms with Gasteiger partial charge in [0.1, 0.15) is 0 Å². The van der Waals surface area contributed by atoms with Gasteiger partial charge >= 0.3 is 5.97 Å². The number of hydrogen-bond donors (Lipinski definition) is 2. The largest absolute Gasteiger partial charge is 0.481 e. The van der Waals surface area contributed by atoms with Crippen LogP contribution in [0.25, 0.3) is 0 Å². The number of carbonyl (C=O) groups excluding carboxylic acids is 1. The van der Waals surface area contributed by atoms with Gasteiger partial charge in [0.05, 0.1) is 5.60 Å². The summed E-state index contributed by atoms with van der Waals surface area (Å²) in [6.45, 7) is 4.51. The van der Waals surface area contributed by atoms with Gasteiger partial charge in [0, 0.05) is 64.2 Å². The molecule has 0 aliphatic heterocycles. The van der Waals surface area contributed by atoms with Crippen molar-refractivity contribution < 1.29 is 19.8 Å². The zero-order chi connectivity index (χ0) is 18.7. The fourth-order valence-corrected chi connectivity index (χ4v) is 6.83. The summed E-state index contributed by atoms with van der Waals surface area (Å²) < 4.78 is 0. The van der Waals surface area contributed by atoms with Gasteiger partial charge in [-0.05, 0) is 78.8 Å². The molecule has 2 fully saturated rings. The second-order valence-corrected chi connectivity index (χ2v) is 9.55. The Hall–Kier alpha value is 0.216. The zero-order valence-corrected chi connectivity index (χ0v) is 20.0. The predicted octanol–water partition coefficient (Wildman–Crippen LogP) is 3.51. The minimum Gasteiger partial charge on any atom is -0.481 e. The van der Waals surface area contributed by atoms with Crippen LogP contribution in [0, 0.1) is 28.6 Å². The van der Waals surface area contributed by atoms with Crippen molar-refractivity contribution in [1.82, 2.24) is 0 Å². The molecule has 0 spiro atoms. The Kier molecular flexibility index (Phi) is 6.07. The number of ketones is 1. The Morgan fingerprint density at radius 3 is 2.59 bits per heavy atom. The van der Waals surface area contributed by atoms with E-state index in [4.69, 9.17) is 5.11 Å². The van der Waals surface area contributed by atoms with Crippen molar-refractivity contribution in [2.24, 2.45) is 28.6 Å². The van der Waals surface area contributed by atoms with Crippen LogP contribution < -0.4 is 0 Å². The van der Waals surface area contributed by atoms with Gasteiger partial charge in [-0.1, -0.05) is 26.0 Å². The fraction of sp³-hybridized carbons (Fsp3) is 0.727. The molecule has 0 amide bonds. The van der Waals surface area contributed by atoms with Crippen LogP contribution in [-0.2, 0) is 9.59 Å². The molecule has 2 saturated carbocycles. The third-order valence-electron chi connectivity index (χ3n) is 8.59. The first-order valence-corrected chi connectivity index (χ1v) is 10.1. The summed E-state index contributed by atoms with van der Waals surface area (Å²) in [5, 5.41) is 20.5. The van der Waals surface area contributed by atoms with Crippen LogP contribution in [-0.4, -0.2) is 79.0 Å². The molecule has 143 valence electrons. The number of hydrogen-bond acceptors (Lipinski definition) is 3. The number of carbonyl (C=O) groups is 2. The molecule has 4 aliphatic rings. The van der Waals surface area contributed by atoms with Crippen LogP contribution in [0.15, 0.2) is 23.8 Å². The number of rotatable bonds is 3. The Morgan fingerprint density at radius 1 is 1.19 bits per heavy atom. The van der Waals surface area contributed by atoms with Gasteiger partial charge in [0.15, 0.2) is 5.78 Å². The Labute approximate surface area is 204 Å². The number of aliphatic hydroxyl groups is 1. The van der Waals surface area contributed by atoms with Gasteiger partial charge in [0.25, 0.3) is 0 Å². The summed E-state index contributed by atoms with van der Waals surface area (Å²) in [4.78, 5) is 22.9. The SMILES string of the molecule is C[C@]12CCC(=O)C=C1C=C[C@@H]1[C@@H]2CC[C@@]2(C)[C@H]1CC[C@@]2(O)CCC(=O)O.[K]. The van der Waals surface area contributed by atoms with Crippen LogP contribution in [0.2, 0.25) is 0 Å². The quantitative estimate of drug-likeness (QED) is 0.715. The molecular weight excluding hydrogens is 367 g/mol. The van der Waals surface area contributed by atoms with Crippen molar-refractivity contribution in [1.29, 1.82) is 0 Å². The minimum absolute atomic E-state index is 0. The van der Waals surface area contributed by atoms with E-state index in [1.165, 1.54) is 5.57 Å². The van der Waals surface area contributed by atoms with Gasteiger partial charge in [-0.25, -0.2) is 0 Å². The van der Waals surface area contributed by atoms with Crippen LogP contribution in [0.5, 0.6) is 0 Å². The summed E-state index contributed by atoms with van der Waals surface area (Å²) in [5.41, 5.74) is 0.179. The molecule has 4 aliphatic carbocycles. The van der Waals surface area contributed by atoms with Gasteiger partial charge in [-0.2, -0.15) is 0 Å². The summed E-state index contributed by atoms with van der Waals surface area (Å²) in [6, 6.07) is 0. The molecule has 0 saturated heterocycles. The van der Waals surface area contributed by atoms with Crippen molar-refractivity contribution >= 4 is 63.1 Å². The monoisotopic (exact) mass is 397 g/mol. The van der Waals surface area contributed by atoms with E-state index in [9.17, 15) is 14.7 Å². The smallest absolute Gasteiger partial charge is 0.303 e. The average molecular weight is 398 g/mol. The van der Waals surface area contributed by atoms with Crippen molar-refractivity contribution in [3.63, 3.8) is 0 Å². The van der Waals surface area contributed by atoms with E-state index in [2.05, 4.69) is 26.0 Å². The van der Waals surface area contributed by atoms with E-state index >= 15 is 0 Å². The summed E-state index contributed by atoms with van der Waals surface area (Å²) in [5.74, 6) is 0.748. The standard InChI is InChI=1S/C22H30O4.K/c1-20-9-5-15(23)13-14(20)3-4-16-17(20)6-10-21(2)18(16)7-11-22(21,26)12-8-19(24)25;/h3-4,13,16-18,26H,5-12H2,1-2H3,(H,24,25);/t16-,17+,18+,20+,21+,22-;/m1./s1. The number of aliphatic carboxylic acids is 1. The second kappa shape index (κ2) is 7.48. The molecule has 4 nitrogen and oxygen atoms in total. The van der Waals surface area contributed by atoms with E-state index in [-0.39, 0.29) is 74.4 Å². The molecular formula is C22H30KO4. The van der Waals surface area contributed by atoms with Gasteiger partial charge < -0.3 is 10.2 Å². The Morgan fingerprint density at radius 2 is 1.89 bits per heavy atom. The minimum atomic E-state index is -0.867. The van der Waals surface area contributed by atoms with E-state index in [0.29, 0.717) is 37.0 Å². The Balaban J connectivity index is 0.00000210. The van der Waals surface area contributed by atoms with Crippen LogP contribution >= 0.6 is 0 Å². The van der Waals surface area contributed by atoms with Gasteiger partial charge in [0.2, 0.25) is 0 Å². The number of carboxylic acids is 1. The first-order chi connectivity index (χ1) is 12.2. The van der Waals surface area contributed by atoms with Crippen molar-refractivity contribution in [2.75, 3.05) is 0 Å². The molecule has 0 aromatic heterocycles. The molecule has 4 rings (SSSR count). The Bertz CT molecular complexity index is 713. The molecule has 0 aromatic rings. The normalized spacial score (nSPS) is 45.2. The number of carboxylic acid groups (broad SMARTS) is 1. The molecule has 0 heterocycles. The van der Waals surface area contributed by atoms with E-state index in [1.807, 2.05) is 6.08 Å². The van der Waals surface area contributed by atoms with Crippen LogP contribution in [0.1, 0.15) is 65.2 Å². The fourth-order valence-electron chi connectivity index (χ4n) is 6.83. The number of fused-ring (bicyclic) bond motifs is 5. The van der Waals surface area contributed by atoms with Crippen molar-refractivity contribution in [3.8, 4) is 0 Å². The second-order valence-electron chi connectivity index (χ2n) is 9.55. The maximum Gasteiger partial charge on any atom is 0.303 e. The van der Waals surface area contributed by atoms with Crippen LogP contribution in [0.4, 0.5) is 0 Å². The molecule has 0 aromatic carbocycles. The maximum atomic E-state index is 11.9. The van der Waals surface area contributed by atoms with Crippen molar-refractivity contribution in [3.05, 3.63) is 23.8 Å². The first kappa shape index (κ1) is 21.9. The van der Waals surface area contributed by atoms with E-state index in [0.717, 1.165) is 25.7 Å². The molecule has 0 unspecified atom stereocenters. The van der Waals surface area contributed by atoms with Gasteiger partial charge in [-0.3, -0.25) is 9.59 Å².